The summed E-state index contributed by atoms with van der Waals surface area (Å²) >= 11 is 5.81. The highest BCUT2D eigenvalue weighted by Gasteiger charge is 2.40. The van der Waals surface area contributed by atoms with E-state index < -0.39 is 43.1 Å². The van der Waals surface area contributed by atoms with E-state index in [-0.39, 0.29) is 54.7 Å². The van der Waals surface area contributed by atoms with Crippen LogP contribution in [0.2, 0.25) is 5.02 Å². The van der Waals surface area contributed by atoms with Gasteiger partial charge in [-0.25, -0.2) is 13.6 Å². The number of Topliss-reactive ketones (excluding diaryl/α,β-unsaturated/α-hetero) is 1. The summed E-state index contributed by atoms with van der Waals surface area (Å²) in [5, 5.41) is 24.0. The van der Waals surface area contributed by atoms with Crippen molar-refractivity contribution in [2.24, 2.45) is 0 Å². The first-order valence-corrected chi connectivity index (χ1v) is 15.0. The Kier molecular flexibility index (Phi) is 10.2. The van der Waals surface area contributed by atoms with Gasteiger partial charge in [0.1, 0.15) is 30.3 Å². The number of ether oxygens (including phenoxy) is 1. The molecule has 0 bridgehead atoms. The molecule has 2 atom stereocenters. The third kappa shape index (κ3) is 7.79. The Morgan fingerprint density at radius 2 is 1.79 bits per heavy atom. The van der Waals surface area contributed by atoms with Crippen molar-refractivity contribution < 1.29 is 42.7 Å². The molecule has 244 valence electrons. The maximum absolute atomic E-state index is 14.5. The van der Waals surface area contributed by atoms with E-state index in [1.807, 2.05) is 0 Å². The van der Waals surface area contributed by atoms with Crippen LogP contribution in [-0.2, 0) is 29.2 Å². The summed E-state index contributed by atoms with van der Waals surface area (Å²) in [6.45, 7) is 0.581. The highest BCUT2D eigenvalue weighted by molar-refractivity contribution is 6.58. The Hall–Kier alpha value is -4.79. The van der Waals surface area contributed by atoms with Crippen LogP contribution >= 0.6 is 11.6 Å². The van der Waals surface area contributed by atoms with Crippen molar-refractivity contribution in [1.29, 1.82) is 0 Å². The minimum absolute atomic E-state index is 0.0937. The number of carbonyl (C=O) groups excluding carboxylic acids is 4. The number of benzene rings is 3. The Morgan fingerprint density at radius 3 is 2.49 bits per heavy atom. The van der Waals surface area contributed by atoms with E-state index >= 15 is 0 Å². The molecule has 0 unspecified atom stereocenters. The fourth-order valence-electron chi connectivity index (χ4n) is 5.40. The summed E-state index contributed by atoms with van der Waals surface area (Å²) in [6.07, 6.45) is -0.998. The number of carbonyl (C=O) groups is 4. The Morgan fingerprint density at radius 1 is 1.04 bits per heavy atom. The third-order valence-electron chi connectivity index (χ3n) is 7.82. The second-order valence-electron chi connectivity index (χ2n) is 11.1. The molecule has 1 aliphatic heterocycles. The normalized spacial score (nSPS) is 15.8. The van der Waals surface area contributed by atoms with Crippen LogP contribution in [0.4, 0.5) is 13.6 Å². The van der Waals surface area contributed by atoms with Crippen molar-refractivity contribution in [3.63, 3.8) is 0 Å². The molecule has 1 saturated heterocycles. The van der Waals surface area contributed by atoms with E-state index in [0.717, 1.165) is 4.90 Å². The molecular weight excluding hydrogens is 637 g/mol. The van der Waals surface area contributed by atoms with E-state index in [0.29, 0.717) is 27.5 Å². The highest BCUT2D eigenvalue weighted by Crippen LogP contribution is 2.28. The van der Waals surface area contributed by atoms with E-state index in [1.165, 1.54) is 60.2 Å². The van der Waals surface area contributed by atoms with Crippen molar-refractivity contribution in [2.75, 3.05) is 6.54 Å². The Labute approximate surface area is 273 Å². The van der Waals surface area contributed by atoms with Gasteiger partial charge in [-0.15, -0.1) is 0 Å². The smallest absolute Gasteiger partial charge is 0.423 e. The van der Waals surface area contributed by atoms with E-state index in [4.69, 9.17) is 16.3 Å². The number of fused-ring (bicyclic) bond motifs is 1. The number of likely N-dealkylation sites (tertiary alicyclic amines) is 1. The summed E-state index contributed by atoms with van der Waals surface area (Å²) in [5.41, 5.74) is 1.82. The summed E-state index contributed by atoms with van der Waals surface area (Å²) in [5.74, 6) is -2.08. The molecule has 5 rings (SSSR count). The molecule has 3 aromatic carbocycles. The van der Waals surface area contributed by atoms with Gasteiger partial charge < -0.3 is 34.9 Å². The number of halogens is 3. The second-order valence-corrected chi connectivity index (χ2v) is 11.5. The van der Waals surface area contributed by atoms with E-state index in [1.54, 1.807) is 18.2 Å². The highest BCUT2D eigenvalue weighted by atomic mass is 35.5. The van der Waals surface area contributed by atoms with Gasteiger partial charge in [0.25, 0.3) is 0 Å². The molecular formula is C32H30BClF2N4O7. The van der Waals surface area contributed by atoms with Gasteiger partial charge in [-0.3, -0.25) is 14.4 Å². The standard InChI is InChI=1S/C32H30BClF2N4O7/c1-18(41)25-16-39(17-29(42)40-15-22(35)11-28(40)31(43)37-14-20-3-2-4-26(34)30(20)36)27-12-23(9-10-24(25)27)47-32(44)38-13-19-5-7-21(8-6-19)33(45)46/h2-10,12,16,22,28,45-46H,11,13-15,17H2,1H3,(H,37,43)(H,38,44)/t22-,28+/m1/s1. The van der Waals surface area contributed by atoms with Crippen LogP contribution in [0, 0.1) is 5.82 Å². The van der Waals surface area contributed by atoms with Crippen LogP contribution in [-0.4, -0.2) is 69.1 Å². The molecule has 1 aromatic heterocycles. The lowest BCUT2D eigenvalue weighted by molar-refractivity contribution is -0.139. The molecule has 3 amide bonds. The SMILES string of the molecule is CC(=O)c1cn(CC(=O)N2C[C@H](F)C[C@H]2C(=O)NCc2cccc(Cl)c2F)c2cc(OC(=O)NCc3ccc(B(O)O)cc3)ccc12. The number of ketones is 1. The fourth-order valence-corrected chi connectivity index (χ4v) is 5.60. The molecule has 15 heteroatoms. The largest absolute Gasteiger partial charge is 0.488 e. The molecule has 4 N–H and O–H groups in total. The number of rotatable bonds is 10. The first-order valence-electron chi connectivity index (χ1n) is 14.6. The number of aromatic nitrogens is 1. The fraction of sp³-hybridized carbons (Fsp3) is 0.250. The maximum atomic E-state index is 14.5. The molecule has 0 spiro atoms. The number of nitrogens with zero attached hydrogens (tertiary/aromatic N) is 2. The summed E-state index contributed by atoms with van der Waals surface area (Å²) in [7, 11) is -1.61. The minimum atomic E-state index is -1.61. The number of hydrogen-bond acceptors (Lipinski definition) is 7. The zero-order valence-corrected chi connectivity index (χ0v) is 25.8. The van der Waals surface area contributed by atoms with Crippen LogP contribution in [0.25, 0.3) is 10.9 Å². The van der Waals surface area contributed by atoms with E-state index in [2.05, 4.69) is 10.6 Å². The van der Waals surface area contributed by atoms with Crippen LogP contribution < -0.4 is 20.8 Å². The first-order chi connectivity index (χ1) is 22.4. The Balaban J connectivity index is 1.28. The van der Waals surface area contributed by atoms with Crippen LogP contribution in [0.5, 0.6) is 5.75 Å². The molecule has 11 nitrogen and oxygen atoms in total. The molecule has 1 fully saturated rings. The predicted molar refractivity (Wildman–Crippen MR) is 169 cm³/mol. The first kappa shape index (κ1) is 33.6. The van der Waals surface area contributed by atoms with Gasteiger partial charge in [0.05, 0.1) is 17.1 Å². The molecule has 47 heavy (non-hydrogen) atoms. The zero-order chi connectivity index (χ0) is 33.8. The summed E-state index contributed by atoms with van der Waals surface area (Å²) in [4.78, 5) is 52.5. The summed E-state index contributed by atoms with van der Waals surface area (Å²) in [6, 6.07) is 14.0. The van der Waals surface area contributed by atoms with Gasteiger partial charge in [-0.05, 0) is 36.1 Å². The lowest BCUT2D eigenvalue weighted by Gasteiger charge is -2.24. The number of nitrogens with one attached hydrogen (secondary N) is 2. The van der Waals surface area contributed by atoms with Crippen molar-refractivity contribution in [3.05, 3.63) is 94.4 Å². The quantitative estimate of drug-likeness (QED) is 0.150. The lowest BCUT2D eigenvalue weighted by atomic mass is 9.80. The lowest BCUT2D eigenvalue weighted by Crippen LogP contribution is -2.46. The van der Waals surface area contributed by atoms with Crippen molar-refractivity contribution >= 4 is 58.8 Å². The van der Waals surface area contributed by atoms with Crippen LogP contribution in [0.15, 0.2) is 66.9 Å². The van der Waals surface area contributed by atoms with Crippen LogP contribution in [0.3, 0.4) is 0 Å². The zero-order valence-electron chi connectivity index (χ0n) is 25.1. The van der Waals surface area contributed by atoms with Gasteiger partial charge in [0.15, 0.2) is 5.78 Å². The van der Waals surface area contributed by atoms with Gasteiger partial charge in [-0.1, -0.05) is 48.0 Å². The third-order valence-corrected chi connectivity index (χ3v) is 8.11. The van der Waals surface area contributed by atoms with Gasteiger partial charge >= 0.3 is 13.2 Å². The van der Waals surface area contributed by atoms with Crippen molar-refractivity contribution in [1.82, 2.24) is 20.1 Å². The topological polar surface area (TPSA) is 150 Å². The van der Waals surface area contributed by atoms with Gasteiger partial charge in [-0.2, -0.15) is 0 Å². The molecule has 4 aromatic rings. The van der Waals surface area contributed by atoms with Crippen molar-refractivity contribution in [2.45, 2.75) is 45.2 Å². The molecule has 0 radical (unpaired) electrons. The Bertz CT molecular complexity index is 1840. The van der Waals surface area contributed by atoms with Gasteiger partial charge in [0.2, 0.25) is 11.8 Å². The van der Waals surface area contributed by atoms with Gasteiger partial charge in [0, 0.05) is 48.3 Å². The molecule has 0 aliphatic carbocycles. The summed E-state index contributed by atoms with van der Waals surface area (Å²) < 4.78 is 35.7. The predicted octanol–water partition coefficient (Wildman–Crippen LogP) is 2.86. The molecule has 1 aliphatic rings. The average molecular weight is 667 g/mol. The molecule has 0 saturated carbocycles. The number of alkyl halides is 1. The van der Waals surface area contributed by atoms with Crippen LogP contribution in [0.1, 0.15) is 34.8 Å². The monoisotopic (exact) mass is 666 g/mol. The van der Waals surface area contributed by atoms with Crippen molar-refractivity contribution in [3.8, 4) is 5.75 Å². The second kappa shape index (κ2) is 14.3. The minimum Gasteiger partial charge on any atom is -0.423 e. The average Bonchev–Trinajstić information content (AvgIpc) is 3.61. The number of hydrogen-bond donors (Lipinski definition) is 4. The van der Waals surface area contributed by atoms with E-state index in [9.17, 15) is 38.0 Å². The maximum Gasteiger partial charge on any atom is 0.488 e. The molecule has 2 heterocycles. The number of amides is 3.